The van der Waals surface area contributed by atoms with Crippen LogP contribution in [0.15, 0.2) is 68.6 Å². The van der Waals surface area contributed by atoms with E-state index in [2.05, 4.69) is 10.3 Å². The maximum atomic E-state index is 13.3. The van der Waals surface area contributed by atoms with Crippen molar-refractivity contribution in [3.05, 3.63) is 97.2 Å². The van der Waals surface area contributed by atoms with Crippen molar-refractivity contribution < 1.29 is 4.79 Å². The quantitative estimate of drug-likeness (QED) is 0.643. The molecule has 1 aliphatic heterocycles. The van der Waals surface area contributed by atoms with E-state index in [1.165, 1.54) is 4.57 Å². The van der Waals surface area contributed by atoms with Gasteiger partial charge in [-0.25, -0.2) is 4.79 Å². The normalized spacial score (nSPS) is 16.9. The summed E-state index contributed by atoms with van der Waals surface area (Å²) in [6.45, 7) is 0. The number of benzene rings is 2. The summed E-state index contributed by atoms with van der Waals surface area (Å²) >= 11 is 1.62. The summed E-state index contributed by atoms with van der Waals surface area (Å²) in [5.74, 6) is -0.241. The van der Waals surface area contributed by atoms with Crippen molar-refractivity contribution in [2.24, 2.45) is 7.05 Å². The predicted octanol–water partition coefficient (Wildman–Crippen LogP) is 2.96. The van der Waals surface area contributed by atoms with Gasteiger partial charge in [0.1, 0.15) is 5.82 Å². The van der Waals surface area contributed by atoms with Gasteiger partial charge in [0.25, 0.3) is 5.56 Å². The van der Waals surface area contributed by atoms with Crippen LogP contribution in [0, 0.1) is 0 Å². The zero-order valence-electron chi connectivity index (χ0n) is 15.8. The molecule has 2 aliphatic rings. The average molecular weight is 403 g/mol. The molecule has 0 saturated carbocycles. The predicted molar refractivity (Wildman–Crippen MR) is 114 cm³/mol. The number of nitrogens with one attached hydrogen (secondary N) is 2. The summed E-state index contributed by atoms with van der Waals surface area (Å²) in [4.78, 5) is 41.9. The fraction of sp³-hybridized carbons (Fsp3) is 0.136. The maximum Gasteiger partial charge on any atom is 0.329 e. The van der Waals surface area contributed by atoms with Crippen molar-refractivity contribution in [2.75, 3.05) is 11.6 Å². The summed E-state index contributed by atoms with van der Waals surface area (Å²) in [6, 6.07) is 15.2. The third-order valence-corrected chi connectivity index (χ3v) is 6.33. The van der Waals surface area contributed by atoms with E-state index in [1.54, 1.807) is 24.9 Å². The highest BCUT2D eigenvalue weighted by Crippen LogP contribution is 2.47. The molecule has 0 spiro atoms. The number of ketones is 1. The Morgan fingerprint density at radius 3 is 2.34 bits per heavy atom. The number of aromatic nitrogens is 2. The fourth-order valence-corrected chi connectivity index (χ4v) is 4.57. The molecule has 0 bridgehead atoms. The minimum absolute atomic E-state index is 0.0963. The number of allylic oxidation sites excluding steroid dienone is 1. The fourth-order valence-electron chi connectivity index (χ4n) is 4.16. The van der Waals surface area contributed by atoms with Crippen LogP contribution in [0.2, 0.25) is 0 Å². The van der Waals surface area contributed by atoms with Crippen LogP contribution in [0.25, 0.3) is 5.70 Å². The lowest BCUT2D eigenvalue weighted by Crippen LogP contribution is -2.37. The molecule has 2 N–H and O–H groups in total. The van der Waals surface area contributed by atoms with Gasteiger partial charge < -0.3 is 5.32 Å². The summed E-state index contributed by atoms with van der Waals surface area (Å²) < 4.78 is 1.38. The third-order valence-electron chi connectivity index (χ3n) is 5.59. The zero-order valence-corrected chi connectivity index (χ0v) is 16.6. The number of carbonyl (C=O) groups is 1. The number of hydrogen-bond donors (Lipinski definition) is 2. The Labute approximate surface area is 170 Å². The van der Waals surface area contributed by atoms with Crippen LogP contribution in [0.4, 0.5) is 5.82 Å². The number of fused-ring (bicyclic) bond motifs is 3. The molecule has 1 atom stereocenters. The van der Waals surface area contributed by atoms with Gasteiger partial charge in [-0.05, 0) is 24.0 Å². The van der Waals surface area contributed by atoms with Crippen molar-refractivity contribution in [1.29, 1.82) is 0 Å². The van der Waals surface area contributed by atoms with E-state index in [0.717, 1.165) is 16.0 Å². The maximum absolute atomic E-state index is 13.3. The molecule has 3 aromatic rings. The van der Waals surface area contributed by atoms with Crippen LogP contribution in [0.5, 0.6) is 0 Å². The van der Waals surface area contributed by atoms with Crippen LogP contribution in [-0.4, -0.2) is 21.6 Å². The molecule has 0 fully saturated rings. The molecule has 6 nitrogen and oxygen atoms in total. The smallest absolute Gasteiger partial charge is 0.329 e. The number of anilines is 1. The molecule has 7 heteroatoms. The van der Waals surface area contributed by atoms with Crippen LogP contribution in [-0.2, 0) is 7.05 Å². The summed E-state index contributed by atoms with van der Waals surface area (Å²) in [5.41, 5.74) is 2.83. The Balaban J connectivity index is 1.83. The Morgan fingerprint density at radius 1 is 0.966 bits per heavy atom. The Kier molecular flexibility index (Phi) is 3.89. The van der Waals surface area contributed by atoms with E-state index in [9.17, 15) is 14.4 Å². The second kappa shape index (κ2) is 6.35. The van der Waals surface area contributed by atoms with Gasteiger partial charge in [0.15, 0.2) is 5.78 Å². The highest BCUT2D eigenvalue weighted by molar-refractivity contribution is 7.98. The van der Waals surface area contributed by atoms with Crippen LogP contribution in [0.3, 0.4) is 0 Å². The molecule has 1 aromatic heterocycles. The van der Waals surface area contributed by atoms with Crippen LogP contribution < -0.4 is 16.6 Å². The Bertz CT molecular complexity index is 1330. The molecule has 144 valence electrons. The lowest BCUT2D eigenvalue weighted by molar-refractivity contribution is 0.103. The van der Waals surface area contributed by atoms with Gasteiger partial charge in [0.2, 0.25) is 0 Å². The lowest BCUT2D eigenvalue weighted by Gasteiger charge is -2.29. The standard InChI is InChI=1S/C22H17N3O3S/c1-25-20-17(21(27)24-22(25)28)15(11-7-9-12(29-2)10-8-11)16-18(23-20)13-5-3-4-6-14(13)19(16)26/h3-10,15,23H,1-2H3,(H,24,27,28)/t15-/m1/s1. The van der Waals surface area contributed by atoms with Gasteiger partial charge in [0, 0.05) is 34.6 Å². The van der Waals surface area contributed by atoms with E-state index in [-0.39, 0.29) is 5.78 Å². The van der Waals surface area contributed by atoms with E-state index in [1.807, 2.05) is 48.7 Å². The number of H-pyrrole nitrogens is 1. The first-order valence-corrected chi connectivity index (χ1v) is 10.4. The van der Waals surface area contributed by atoms with Crippen molar-refractivity contribution in [3.8, 4) is 0 Å². The molecule has 2 aromatic carbocycles. The number of hydrogen-bond acceptors (Lipinski definition) is 5. The van der Waals surface area contributed by atoms with Gasteiger partial charge in [0.05, 0.1) is 11.3 Å². The number of aromatic amines is 1. The molecule has 0 amide bonds. The first kappa shape index (κ1) is 17.8. The van der Waals surface area contributed by atoms with Gasteiger partial charge in [-0.2, -0.15) is 0 Å². The van der Waals surface area contributed by atoms with Gasteiger partial charge in [-0.3, -0.25) is 19.1 Å². The second-order valence-electron chi connectivity index (χ2n) is 7.08. The molecule has 0 radical (unpaired) electrons. The SMILES string of the molecule is CSc1ccc([C@@H]2C3=C(Nc4c2c(=O)[nH]c(=O)n4C)c2ccccc2C3=O)cc1. The lowest BCUT2D eigenvalue weighted by atomic mass is 9.81. The average Bonchev–Trinajstić information content (AvgIpc) is 3.03. The number of nitrogens with zero attached hydrogens (tertiary/aromatic N) is 1. The number of Topliss-reactive ketones (excluding diaryl/α,β-unsaturated/α-hetero) is 1. The van der Waals surface area contributed by atoms with E-state index < -0.39 is 17.2 Å². The zero-order chi connectivity index (χ0) is 20.3. The van der Waals surface area contributed by atoms with Crippen molar-refractivity contribution in [2.45, 2.75) is 10.8 Å². The Hall–Kier alpha value is -3.32. The highest BCUT2D eigenvalue weighted by atomic mass is 32.2. The molecular formula is C22H17N3O3S. The molecule has 5 rings (SSSR count). The summed E-state index contributed by atoms with van der Waals surface area (Å²) in [7, 11) is 1.60. The first-order valence-electron chi connectivity index (χ1n) is 9.13. The van der Waals surface area contributed by atoms with Crippen molar-refractivity contribution in [3.63, 3.8) is 0 Å². The molecule has 2 heterocycles. The number of carbonyl (C=O) groups excluding carboxylic acids is 1. The summed E-state index contributed by atoms with van der Waals surface area (Å²) in [5, 5.41) is 3.22. The monoisotopic (exact) mass is 403 g/mol. The molecule has 0 saturated heterocycles. The van der Waals surface area contributed by atoms with Crippen LogP contribution >= 0.6 is 11.8 Å². The second-order valence-corrected chi connectivity index (χ2v) is 7.95. The molecule has 0 unspecified atom stereocenters. The van der Waals surface area contributed by atoms with Gasteiger partial charge >= 0.3 is 5.69 Å². The highest BCUT2D eigenvalue weighted by Gasteiger charge is 2.42. The first-order chi connectivity index (χ1) is 14.0. The number of thioether (sulfide) groups is 1. The molecule has 1 aliphatic carbocycles. The minimum Gasteiger partial charge on any atom is -0.340 e. The summed E-state index contributed by atoms with van der Waals surface area (Å²) in [6.07, 6.45) is 1.99. The van der Waals surface area contributed by atoms with E-state index in [0.29, 0.717) is 28.2 Å². The van der Waals surface area contributed by atoms with E-state index >= 15 is 0 Å². The molecular weight excluding hydrogens is 386 g/mol. The largest absolute Gasteiger partial charge is 0.340 e. The third kappa shape index (κ3) is 2.47. The van der Waals surface area contributed by atoms with Gasteiger partial charge in [-0.1, -0.05) is 36.4 Å². The van der Waals surface area contributed by atoms with Gasteiger partial charge in [-0.15, -0.1) is 11.8 Å². The van der Waals surface area contributed by atoms with Crippen LogP contribution in [0.1, 0.15) is 33.0 Å². The van der Waals surface area contributed by atoms with Crippen molar-refractivity contribution >= 4 is 29.1 Å². The number of rotatable bonds is 2. The van der Waals surface area contributed by atoms with Crippen molar-refractivity contribution in [1.82, 2.24) is 9.55 Å². The molecule has 29 heavy (non-hydrogen) atoms. The van der Waals surface area contributed by atoms with E-state index in [4.69, 9.17) is 0 Å². The topological polar surface area (TPSA) is 84.0 Å². The minimum atomic E-state index is -0.562. The Morgan fingerprint density at radius 2 is 1.66 bits per heavy atom.